The van der Waals surface area contributed by atoms with E-state index in [-0.39, 0.29) is 11.6 Å². The van der Waals surface area contributed by atoms with Gasteiger partial charge in [-0.25, -0.2) is 4.98 Å². The molecule has 1 amide bonds. The van der Waals surface area contributed by atoms with Crippen molar-refractivity contribution in [2.45, 2.75) is 20.4 Å². The molecule has 0 aliphatic heterocycles. The number of carbonyl (C=O) groups excluding carboxylic acids is 1. The summed E-state index contributed by atoms with van der Waals surface area (Å²) in [6.07, 6.45) is 1.67. The zero-order chi connectivity index (χ0) is 17.8. The molecule has 0 aliphatic rings. The van der Waals surface area contributed by atoms with E-state index in [1.807, 2.05) is 35.8 Å². The highest BCUT2D eigenvalue weighted by Crippen LogP contribution is 2.21. The second-order valence-corrected chi connectivity index (χ2v) is 5.42. The molecule has 7 nitrogen and oxygen atoms in total. The summed E-state index contributed by atoms with van der Waals surface area (Å²) in [5, 5.41) is 19.8. The highest BCUT2D eigenvalue weighted by Gasteiger charge is 2.12. The van der Waals surface area contributed by atoms with Gasteiger partial charge in [0, 0.05) is 17.8 Å². The highest BCUT2D eigenvalue weighted by molar-refractivity contribution is 6.03. The average molecular weight is 332 g/mol. The van der Waals surface area contributed by atoms with Crippen LogP contribution in [0.5, 0.6) is 0 Å². The van der Waals surface area contributed by atoms with Gasteiger partial charge in [0.15, 0.2) is 5.82 Å². The van der Waals surface area contributed by atoms with Crippen molar-refractivity contribution in [1.29, 1.82) is 5.26 Å². The first kappa shape index (κ1) is 16.3. The first-order valence-corrected chi connectivity index (χ1v) is 7.79. The van der Waals surface area contributed by atoms with Gasteiger partial charge in [-0.05, 0) is 38.1 Å². The van der Waals surface area contributed by atoms with E-state index in [9.17, 15) is 4.79 Å². The SMILES string of the molecule is CCn1cnnc1-c1cccc(NC(=O)c2ccc(C#N)c(C)n2)c1. The van der Waals surface area contributed by atoms with Crippen LogP contribution in [0.25, 0.3) is 11.4 Å². The van der Waals surface area contributed by atoms with E-state index in [1.165, 1.54) is 0 Å². The number of carbonyl (C=O) groups is 1. The number of hydrogen-bond acceptors (Lipinski definition) is 5. The Morgan fingerprint density at radius 3 is 2.88 bits per heavy atom. The monoisotopic (exact) mass is 332 g/mol. The molecule has 0 bridgehead atoms. The Hall–Kier alpha value is -3.53. The van der Waals surface area contributed by atoms with Crippen LogP contribution < -0.4 is 5.32 Å². The van der Waals surface area contributed by atoms with Crippen molar-refractivity contribution in [3.8, 4) is 17.5 Å². The van der Waals surface area contributed by atoms with E-state index in [0.29, 0.717) is 16.9 Å². The zero-order valence-corrected chi connectivity index (χ0v) is 13.9. The third-order valence-electron chi connectivity index (χ3n) is 3.77. The largest absolute Gasteiger partial charge is 0.321 e. The normalized spacial score (nSPS) is 10.3. The van der Waals surface area contributed by atoms with Gasteiger partial charge in [0.25, 0.3) is 5.91 Å². The molecule has 0 atom stereocenters. The summed E-state index contributed by atoms with van der Waals surface area (Å²) in [7, 11) is 0. The molecule has 2 aromatic heterocycles. The van der Waals surface area contributed by atoms with Crippen LogP contribution in [-0.4, -0.2) is 25.7 Å². The fraction of sp³-hybridized carbons (Fsp3) is 0.167. The molecular weight excluding hydrogens is 316 g/mol. The lowest BCUT2D eigenvalue weighted by atomic mass is 10.1. The van der Waals surface area contributed by atoms with Gasteiger partial charge < -0.3 is 9.88 Å². The number of pyridine rings is 1. The van der Waals surface area contributed by atoms with Gasteiger partial charge >= 0.3 is 0 Å². The van der Waals surface area contributed by atoms with Crippen LogP contribution in [0.4, 0.5) is 5.69 Å². The Balaban J connectivity index is 1.84. The lowest BCUT2D eigenvalue weighted by Gasteiger charge is -2.08. The summed E-state index contributed by atoms with van der Waals surface area (Å²) in [5.74, 6) is 0.410. The van der Waals surface area contributed by atoms with Crippen LogP contribution in [-0.2, 0) is 6.54 Å². The number of nitrogens with zero attached hydrogens (tertiary/aromatic N) is 5. The van der Waals surface area contributed by atoms with Crippen molar-refractivity contribution in [3.63, 3.8) is 0 Å². The maximum Gasteiger partial charge on any atom is 0.274 e. The average Bonchev–Trinajstić information content (AvgIpc) is 3.10. The predicted octanol–water partition coefficient (Wildman–Crippen LogP) is 2.79. The van der Waals surface area contributed by atoms with Crippen molar-refractivity contribution >= 4 is 11.6 Å². The summed E-state index contributed by atoms with van der Waals surface area (Å²) in [4.78, 5) is 16.6. The van der Waals surface area contributed by atoms with Gasteiger partial charge in [-0.1, -0.05) is 12.1 Å². The minimum Gasteiger partial charge on any atom is -0.321 e. The number of aryl methyl sites for hydroxylation is 2. The summed E-state index contributed by atoms with van der Waals surface area (Å²) in [5.41, 5.74) is 2.74. The second-order valence-electron chi connectivity index (χ2n) is 5.42. The molecule has 1 N–H and O–H groups in total. The van der Waals surface area contributed by atoms with E-state index < -0.39 is 0 Å². The van der Waals surface area contributed by atoms with Crippen molar-refractivity contribution < 1.29 is 4.79 Å². The Morgan fingerprint density at radius 2 is 2.16 bits per heavy atom. The van der Waals surface area contributed by atoms with E-state index >= 15 is 0 Å². The van der Waals surface area contributed by atoms with E-state index in [1.54, 1.807) is 31.5 Å². The van der Waals surface area contributed by atoms with Crippen LogP contribution >= 0.6 is 0 Å². The molecule has 0 aliphatic carbocycles. The van der Waals surface area contributed by atoms with Crippen LogP contribution in [0, 0.1) is 18.3 Å². The van der Waals surface area contributed by atoms with Gasteiger partial charge in [-0.3, -0.25) is 4.79 Å². The summed E-state index contributed by atoms with van der Waals surface area (Å²) >= 11 is 0. The molecular formula is C18H16N6O. The Kier molecular flexibility index (Phi) is 4.53. The molecule has 0 spiro atoms. The molecule has 0 fully saturated rings. The number of hydrogen-bond donors (Lipinski definition) is 1. The lowest BCUT2D eigenvalue weighted by Crippen LogP contribution is -2.14. The number of nitrogens with one attached hydrogen (secondary N) is 1. The maximum atomic E-state index is 12.4. The third kappa shape index (κ3) is 3.38. The van der Waals surface area contributed by atoms with Crippen LogP contribution in [0.2, 0.25) is 0 Å². The maximum absolute atomic E-state index is 12.4. The molecule has 1 aromatic carbocycles. The van der Waals surface area contributed by atoms with E-state index in [0.717, 1.165) is 17.9 Å². The molecule has 0 unspecified atom stereocenters. The molecule has 3 rings (SSSR count). The van der Waals surface area contributed by atoms with Gasteiger partial charge in [0.2, 0.25) is 0 Å². The lowest BCUT2D eigenvalue weighted by molar-refractivity contribution is 0.102. The van der Waals surface area contributed by atoms with Gasteiger partial charge in [-0.15, -0.1) is 10.2 Å². The quantitative estimate of drug-likeness (QED) is 0.792. The molecule has 3 aromatic rings. The summed E-state index contributed by atoms with van der Waals surface area (Å²) in [6.45, 7) is 4.47. The Morgan fingerprint density at radius 1 is 1.32 bits per heavy atom. The Labute approximate surface area is 145 Å². The molecule has 124 valence electrons. The van der Waals surface area contributed by atoms with Crippen LogP contribution in [0.3, 0.4) is 0 Å². The minimum atomic E-state index is -0.332. The van der Waals surface area contributed by atoms with E-state index in [2.05, 4.69) is 20.5 Å². The number of aromatic nitrogens is 4. The van der Waals surface area contributed by atoms with Crippen molar-refractivity contribution in [3.05, 3.63) is 59.7 Å². The number of anilines is 1. The summed E-state index contributed by atoms with van der Waals surface area (Å²) < 4.78 is 1.92. The van der Waals surface area contributed by atoms with Gasteiger partial charge in [-0.2, -0.15) is 5.26 Å². The number of nitriles is 1. The topological polar surface area (TPSA) is 96.5 Å². The zero-order valence-electron chi connectivity index (χ0n) is 13.9. The fourth-order valence-electron chi connectivity index (χ4n) is 2.45. The van der Waals surface area contributed by atoms with Crippen molar-refractivity contribution in [2.24, 2.45) is 0 Å². The van der Waals surface area contributed by atoms with Gasteiger partial charge in [0.05, 0.1) is 11.3 Å². The standard InChI is InChI=1S/C18H16N6O/c1-3-24-11-20-23-17(24)13-5-4-6-15(9-13)22-18(25)16-8-7-14(10-19)12(2)21-16/h4-9,11H,3H2,1-2H3,(H,22,25). The third-order valence-corrected chi connectivity index (χ3v) is 3.77. The fourth-order valence-corrected chi connectivity index (χ4v) is 2.45. The number of rotatable bonds is 4. The van der Waals surface area contributed by atoms with Crippen LogP contribution in [0.15, 0.2) is 42.7 Å². The molecule has 0 saturated carbocycles. The van der Waals surface area contributed by atoms with E-state index in [4.69, 9.17) is 5.26 Å². The highest BCUT2D eigenvalue weighted by atomic mass is 16.1. The second kappa shape index (κ2) is 6.93. The van der Waals surface area contributed by atoms with Gasteiger partial charge in [0.1, 0.15) is 18.1 Å². The van der Waals surface area contributed by atoms with Crippen LogP contribution in [0.1, 0.15) is 28.7 Å². The van der Waals surface area contributed by atoms with Crippen molar-refractivity contribution in [1.82, 2.24) is 19.7 Å². The Bertz CT molecular complexity index is 970. The smallest absolute Gasteiger partial charge is 0.274 e. The predicted molar refractivity (Wildman–Crippen MR) is 92.8 cm³/mol. The molecule has 2 heterocycles. The molecule has 25 heavy (non-hydrogen) atoms. The number of amides is 1. The summed E-state index contributed by atoms with van der Waals surface area (Å²) in [6, 6.07) is 12.6. The minimum absolute atomic E-state index is 0.263. The molecule has 0 saturated heterocycles. The molecule has 7 heteroatoms. The first-order valence-electron chi connectivity index (χ1n) is 7.79. The molecule has 0 radical (unpaired) electrons. The number of benzene rings is 1. The van der Waals surface area contributed by atoms with Crippen molar-refractivity contribution in [2.75, 3.05) is 5.32 Å². The first-order chi connectivity index (χ1) is 12.1.